The molecule has 0 bridgehead atoms. The number of esters is 3. The third-order valence-corrected chi connectivity index (χ3v) is 4.73. The molecule has 2 fully saturated rings. The number of hydrogen-bond acceptors (Lipinski definition) is 11. The molecule has 1 unspecified atom stereocenters. The molecule has 1 amide bonds. The summed E-state index contributed by atoms with van der Waals surface area (Å²) in [5.74, 6) is -2.98. The number of hydrogen-bond donors (Lipinski definition) is 0. The predicted octanol–water partition coefficient (Wildman–Crippen LogP) is 1.49. The van der Waals surface area contributed by atoms with E-state index in [0.29, 0.717) is 0 Å². The van der Waals surface area contributed by atoms with Gasteiger partial charge in [-0.25, -0.2) is 4.79 Å². The van der Waals surface area contributed by atoms with Crippen LogP contribution < -0.4 is 0 Å². The maximum absolute atomic E-state index is 13.0. The van der Waals surface area contributed by atoms with Crippen molar-refractivity contribution >= 4 is 24.0 Å². The average Bonchev–Trinajstić information content (AvgIpc) is 2.92. The molecule has 188 valence electrons. The summed E-state index contributed by atoms with van der Waals surface area (Å²) >= 11 is 0. The lowest BCUT2D eigenvalue weighted by Gasteiger charge is -2.49. The molecule has 12 nitrogen and oxygen atoms in total. The van der Waals surface area contributed by atoms with E-state index >= 15 is 0 Å². The van der Waals surface area contributed by atoms with Crippen LogP contribution in [0.15, 0.2) is 0 Å². The Morgan fingerprint density at radius 2 is 1.45 bits per heavy atom. The van der Waals surface area contributed by atoms with Crippen molar-refractivity contribution in [1.82, 2.24) is 5.06 Å². The van der Waals surface area contributed by atoms with Crippen LogP contribution in [0.1, 0.15) is 55.4 Å². The van der Waals surface area contributed by atoms with E-state index in [1.54, 1.807) is 34.6 Å². The van der Waals surface area contributed by atoms with E-state index in [4.69, 9.17) is 33.3 Å². The van der Waals surface area contributed by atoms with E-state index in [0.717, 1.165) is 5.06 Å². The Balaban J connectivity index is 2.54. The van der Waals surface area contributed by atoms with Crippen LogP contribution in [0.25, 0.3) is 0 Å². The molecule has 0 radical (unpaired) electrons. The van der Waals surface area contributed by atoms with Crippen LogP contribution >= 0.6 is 0 Å². The van der Waals surface area contributed by atoms with E-state index in [9.17, 15) is 19.2 Å². The molecule has 0 aromatic carbocycles. The highest BCUT2D eigenvalue weighted by Gasteiger charge is 2.67. The van der Waals surface area contributed by atoms with Crippen molar-refractivity contribution in [3.05, 3.63) is 0 Å². The Bertz CT molecular complexity index is 775. The third-order valence-electron chi connectivity index (χ3n) is 4.73. The molecule has 2 saturated heterocycles. The van der Waals surface area contributed by atoms with Crippen molar-refractivity contribution in [3.63, 3.8) is 0 Å². The highest BCUT2D eigenvalue weighted by Crippen LogP contribution is 2.46. The van der Waals surface area contributed by atoms with Crippen molar-refractivity contribution in [2.75, 3.05) is 19.8 Å². The Morgan fingerprint density at radius 1 is 0.909 bits per heavy atom. The van der Waals surface area contributed by atoms with Gasteiger partial charge in [0.15, 0.2) is 17.5 Å². The minimum Gasteiger partial charge on any atom is -0.463 e. The quantitative estimate of drug-likeness (QED) is 0.408. The van der Waals surface area contributed by atoms with Crippen LogP contribution in [0.3, 0.4) is 0 Å². The van der Waals surface area contributed by atoms with Gasteiger partial charge in [0, 0.05) is 20.8 Å². The molecule has 0 saturated carbocycles. The van der Waals surface area contributed by atoms with Gasteiger partial charge in [-0.05, 0) is 34.6 Å². The van der Waals surface area contributed by atoms with Crippen molar-refractivity contribution < 1.29 is 52.4 Å². The highest BCUT2D eigenvalue weighted by molar-refractivity contribution is 5.69. The fraction of sp³-hybridized carbons (Fsp3) is 0.810. The zero-order chi connectivity index (χ0) is 25.2. The van der Waals surface area contributed by atoms with Gasteiger partial charge < -0.3 is 28.4 Å². The minimum absolute atomic E-state index is 0.319. The summed E-state index contributed by atoms with van der Waals surface area (Å²) in [5, 5.41) is 0.893. The second-order valence-electron chi connectivity index (χ2n) is 9.35. The number of ether oxygens (including phenoxy) is 6. The fourth-order valence-corrected chi connectivity index (χ4v) is 3.65. The van der Waals surface area contributed by atoms with Gasteiger partial charge in [-0.15, -0.1) is 0 Å². The molecule has 12 heteroatoms. The maximum Gasteiger partial charge on any atom is 0.434 e. The molecule has 2 aliphatic heterocycles. The van der Waals surface area contributed by atoms with E-state index in [1.165, 1.54) is 20.8 Å². The summed E-state index contributed by atoms with van der Waals surface area (Å²) in [4.78, 5) is 53.7. The third kappa shape index (κ3) is 6.78. The van der Waals surface area contributed by atoms with Gasteiger partial charge in [0.1, 0.15) is 37.6 Å². The molecular formula is C21H33NO11. The van der Waals surface area contributed by atoms with Crippen LogP contribution in [0.4, 0.5) is 4.79 Å². The molecule has 33 heavy (non-hydrogen) atoms. The summed E-state index contributed by atoms with van der Waals surface area (Å²) in [5.41, 5.74) is -2.36. The molecular weight excluding hydrogens is 442 g/mol. The molecule has 2 aliphatic rings. The molecule has 0 aromatic heterocycles. The Hall–Kier alpha value is -2.44. The molecule has 0 N–H and O–H groups in total. The van der Waals surface area contributed by atoms with E-state index < -0.39 is 59.2 Å². The van der Waals surface area contributed by atoms with Crippen LogP contribution in [0.2, 0.25) is 0 Å². The number of carbonyl (C=O) groups excluding carboxylic acids is 4. The van der Waals surface area contributed by atoms with Crippen LogP contribution in [-0.2, 0) is 47.6 Å². The number of rotatable bonds is 6. The first-order valence-corrected chi connectivity index (χ1v) is 10.5. The first-order valence-electron chi connectivity index (χ1n) is 10.5. The van der Waals surface area contributed by atoms with E-state index in [2.05, 4.69) is 0 Å². The van der Waals surface area contributed by atoms with Crippen molar-refractivity contribution in [3.8, 4) is 0 Å². The van der Waals surface area contributed by atoms with Gasteiger partial charge in [-0.1, -0.05) is 0 Å². The zero-order valence-electron chi connectivity index (χ0n) is 20.3. The first-order chi connectivity index (χ1) is 15.1. The van der Waals surface area contributed by atoms with E-state index in [-0.39, 0.29) is 19.8 Å². The summed E-state index contributed by atoms with van der Waals surface area (Å²) in [6, 6.07) is -1.03. The van der Waals surface area contributed by atoms with Crippen LogP contribution in [0, 0.1) is 0 Å². The van der Waals surface area contributed by atoms with Gasteiger partial charge in [-0.2, -0.15) is 5.06 Å². The fourth-order valence-electron chi connectivity index (χ4n) is 3.65. The van der Waals surface area contributed by atoms with Crippen molar-refractivity contribution in [2.24, 2.45) is 0 Å². The SMILES string of the molecule is CC(=O)OC[C@H]1C2OC(C)(C)O[C@@]2(COC(C)=O)[C@@H](COC(C)=O)ON1C(=O)OC(C)(C)C. The second-order valence-corrected chi connectivity index (χ2v) is 9.35. The Labute approximate surface area is 192 Å². The monoisotopic (exact) mass is 475 g/mol. The molecule has 0 aromatic rings. The summed E-state index contributed by atoms with van der Waals surface area (Å²) in [6.45, 7) is 10.9. The van der Waals surface area contributed by atoms with Crippen molar-refractivity contribution in [2.45, 2.75) is 90.6 Å². The standard InChI is InChI=1S/C21H33NO11/c1-12(23)27-9-15-17-21(11-29-14(3)25,33-20(7,8)30-17)16(10-28-13(2)24)32-22(15)18(26)31-19(4,5)6/h15-17H,9-11H2,1-8H3/t15-,16+,17?,21-/m0/s1. The number of amides is 1. The summed E-state index contributed by atoms with van der Waals surface area (Å²) in [7, 11) is 0. The summed E-state index contributed by atoms with van der Waals surface area (Å²) < 4.78 is 33.3. The molecule has 4 atom stereocenters. The maximum atomic E-state index is 13.0. The van der Waals surface area contributed by atoms with Crippen LogP contribution in [0.5, 0.6) is 0 Å². The smallest absolute Gasteiger partial charge is 0.434 e. The Morgan fingerprint density at radius 3 is 1.97 bits per heavy atom. The average molecular weight is 475 g/mol. The van der Waals surface area contributed by atoms with Gasteiger partial charge >= 0.3 is 24.0 Å². The summed E-state index contributed by atoms with van der Waals surface area (Å²) in [6.07, 6.45) is -3.01. The zero-order valence-corrected chi connectivity index (χ0v) is 20.3. The van der Waals surface area contributed by atoms with Gasteiger partial charge in [0.2, 0.25) is 0 Å². The normalized spacial score (nSPS) is 28.5. The number of hydroxylamine groups is 2. The molecule has 2 heterocycles. The Kier molecular flexibility index (Phi) is 7.98. The number of nitrogens with zero attached hydrogens (tertiary/aromatic N) is 1. The largest absolute Gasteiger partial charge is 0.463 e. The lowest BCUT2D eigenvalue weighted by Crippen LogP contribution is -2.71. The minimum atomic E-state index is -1.49. The highest BCUT2D eigenvalue weighted by atomic mass is 16.8. The topological polar surface area (TPSA) is 136 Å². The molecule has 2 rings (SSSR count). The van der Waals surface area contributed by atoms with E-state index in [1.807, 2.05) is 0 Å². The lowest BCUT2D eigenvalue weighted by atomic mass is 9.85. The van der Waals surface area contributed by atoms with Gasteiger partial charge in [0.25, 0.3) is 0 Å². The molecule has 0 spiro atoms. The number of fused-ring (bicyclic) bond motifs is 1. The van der Waals surface area contributed by atoms with Crippen LogP contribution in [-0.4, -0.2) is 84.1 Å². The first kappa shape index (κ1) is 26.8. The predicted molar refractivity (Wildman–Crippen MR) is 109 cm³/mol. The second kappa shape index (κ2) is 9.82. The van der Waals surface area contributed by atoms with Gasteiger partial charge in [-0.3, -0.25) is 19.2 Å². The molecule has 0 aliphatic carbocycles. The van der Waals surface area contributed by atoms with Crippen molar-refractivity contribution in [1.29, 1.82) is 0 Å². The number of carbonyl (C=O) groups is 4. The van der Waals surface area contributed by atoms with Gasteiger partial charge in [0.05, 0.1) is 0 Å². The lowest BCUT2D eigenvalue weighted by molar-refractivity contribution is -0.317.